The maximum Gasteiger partial charge on any atom is 0.331 e. The Bertz CT molecular complexity index is 1960. The van der Waals surface area contributed by atoms with E-state index in [-0.39, 0.29) is 28.4 Å². The van der Waals surface area contributed by atoms with Gasteiger partial charge >= 0.3 is 6.03 Å². The Morgan fingerprint density at radius 1 is 0.943 bits per heavy atom. The summed E-state index contributed by atoms with van der Waals surface area (Å²) in [6.07, 6.45) is 1.95. The number of piperidine rings is 1. The molecule has 3 amide bonds. The summed E-state index contributed by atoms with van der Waals surface area (Å²) in [6.45, 7) is 3.42. The third-order valence-electron chi connectivity index (χ3n) is 9.20. The Balaban J connectivity index is 1.19. The Morgan fingerprint density at radius 2 is 1.58 bits per heavy atom. The Hall–Kier alpha value is -4.92. The van der Waals surface area contributed by atoms with Crippen molar-refractivity contribution in [2.24, 2.45) is 0 Å². The fourth-order valence-corrected chi connectivity index (χ4v) is 8.21. The van der Waals surface area contributed by atoms with Crippen molar-refractivity contribution in [3.63, 3.8) is 0 Å². The summed E-state index contributed by atoms with van der Waals surface area (Å²) < 4.78 is 28.8. The molecular weight excluding hydrogens is 713 g/mol. The highest BCUT2D eigenvalue weighted by molar-refractivity contribution is 7.99. The number of carbonyl (C=O) groups excluding carboxylic acids is 2. The lowest BCUT2D eigenvalue weighted by Crippen LogP contribution is -2.46. The number of benzene rings is 4. The quantitative estimate of drug-likeness (QED) is 0.0748. The van der Waals surface area contributed by atoms with Crippen molar-refractivity contribution in [3.8, 4) is 0 Å². The topological polar surface area (TPSA) is 145 Å². The van der Waals surface area contributed by atoms with Crippen molar-refractivity contribution < 1.29 is 22.9 Å². The second-order valence-electron chi connectivity index (χ2n) is 13.3. The first-order chi connectivity index (χ1) is 25.4. The van der Waals surface area contributed by atoms with E-state index in [4.69, 9.17) is 0 Å². The van der Waals surface area contributed by atoms with Gasteiger partial charge < -0.3 is 20.0 Å². The van der Waals surface area contributed by atoms with E-state index in [1.807, 2.05) is 104 Å². The average molecular weight is 759 g/mol. The number of nitro benzene ring substituents is 1. The molecular formula is C39H46N6O6S2. The van der Waals surface area contributed by atoms with Gasteiger partial charge in [-0.2, -0.15) is 0 Å². The summed E-state index contributed by atoms with van der Waals surface area (Å²) in [5.74, 6) is 0.733. The van der Waals surface area contributed by atoms with Gasteiger partial charge in [0.1, 0.15) is 5.69 Å². The molecule has 0 bridgehead atoms. The number of sulfonamides is 1. The molecule has 1 saturated heterocycles. The van der Waals surface area contributed by atoms with E-state index in [9.17, 15) is 28.1 Å². The largest absolute Gasteiger partial charge is 0.376 e. The van der Waals surface area contributed by atoms with Gasteiger partial charge in [0.15, 0.2) is 0 Å². The van der Waals surface area contributed by atoms with E-state index < -0.39 is 26.7 Å². The molecule has 0 radical (unpaired) electrons. The molecule has 4 aromatic carbocycles. The second-order valence-corrected chi connectivity index (χ2v) is 16.1. The number of urea groups is 1. The normalized spacial score (nSPS) is 14.1. The lowest BCUT2D eigenvalue weighted by molar-refractivity contribution is -0.384. The lowest BCUT2D eigenvalue weighted by Gasteiger charge is -2.32. The Morgan fingerprint density at radius 3 is 2.19 bits per heavy atom. The fourth-order valence-electron chi connectivity index (χ4n) is 6.23. The van der Waals surface area contributed by atoms with Crippen LogP contribution in [0.1, 0.15) is 43.2 Å². The Labute approximate surface area is 315 Å². The standard InChI is InChI=1S/C39H46N6O6S2/c1-29(46)44(27-30-10-6-4-7-11-30)34-16-14-31(15-17-34)32-20-24-43(25-21-32)39(47)41-53(50,51)36-18-19-37(38(26-36)45(48)49)40-33(22-23-42(2)3)28-52-35-12-8-5-9-13-35/h4-19,26,32-33,40H,20-25,27-28H2,1-3H3,(H,41,47)/t33-/m1/s1. The minimum Gasteiger partial charge on any atom is -0.376 e. The van der Waals surface area contributed by atoms with Crippen LogP contribution in [0.25, 0.3) is 0 Å². The number of hydrogen-bond acceptors (Lipinski definition) is 9. The summed E-state index contributed by atoms with van der Waals surface area (Å²) in [5, 5.41) is 15.4. The molecule has 4 aromatic rings. The molecule has 1 heterocycles. The maximum atomic E-state index is 13.3. The molecule has 5 rings (SSSR count). The first-order valence-electron chi connectivity index (χ1n) is 17.5. The number of nitrogens with one attached hydrogen (secondary N) is 2. The molecule has 0 spiro atoms. The highest BCUT2D eigenvalue weighted by Crippen LogP contribution is 2.32. The molecule has 0 unspecified atom stereocenters. The number of nitro groups is 1. The van der Waals surface area contributed by atoms with Crippen molar-refractivity contribution in [1.82, 2.24) is 14.5 Å². The van der Waals surface area contributed by atoms with Gasteiger partial charge in [-0.05, 0) is 93.3 Å². The van der Waals surface area contributed by atoms with Gasteiger partial charge in [-0.25, -0.2) is 17.9 Å². The van der Waals surface area contributed by atoms with E-state index in [2.05, 4.69) is 10.0 Å². The summed E-state index contributed by atoms with van der Waals surface area (Å²) in [7, 11) is -0.491. The molecule has 1 aliphatic rings. The van der Waals surface area contributed by atoms with E-state index in [0.717, 1.165) is 34.3 Å². The van der Waals surface area contributed by atoms with Crippen LogP contribution in [0.4, 0.5) is 21.9 Å². The third-order valence-corrected chi connectivity index (χ3v) is 11.7. The fraction of sp³-hybridized carbons (Fsp3) is 0.333. The van der Waals surface area contributed by atoms with Crippen LogP contribution in [0.2, 0.25) is 0 Å². The zero-order valence-corrected chi connectivity index (χ0v) is 31.8. The van der Waals surface area contributed by atoms with E-state index in [1.165, 1.54) is 17.0 Å². The number of rotatable bonds is 15. The van der Waals surface area contributed by atoms with E-state index in [1.54, 1.807) is 23.6 Å². The van der Waals surface area contributed by atoms with E-state index in [0.29, 0.717) is 44.6 Å². The van der Waals surface area contributed by atoms with Gasteiger partial charge in [0.05, 0.1) is 16.4 Å². The molecule has 12 nitrogen and oxygen atoms in total. The van der Waals surface area contributed by atoms with Crippen LogP contribution in [0.15, 0.2) is 113 Å². The molecule has 14 heteroatoms. The molecule has 1 atom stereocenters. The van der Waals surface area contributed by atoms with Crippen molar-refractivity contribution in [2.75, 3.05) is 49.7 Å². The number of carbonyl (C=O) groups is 2. The van der Waals surface area contributed by atoms with Gasteiger partial charge in [-0.15, -0.1) is 11.8 Å². The minimum absolute atomic E-state index is 0.0592. The van der Waals surface area contributed by atoms with Gasteiger partial charge in [-0.1, -0.05) is 60.7 Å². The summed E-state index contributed by atoms with van der Waals surface area (Å²) >= 11 is 1.63. The first-order valence-corrected chi connectivity index (χ1v) is 20.0. The van der Waals surface area contributed by atoms with E-state index >= 15 is 0 Å². The van der Waals surface area contributed by atoms with Gasteiger partial charge in [-0.3, -0.25) is 14.9 Å². The van der Waals surface area contributed by atoms with Gasteiger partial charge in [0, 0.05) is 48.5 Å². The molecule has 280 valence electrons. The third kappa shape index (κ3) is 11.0. The summed E-state index contributed by atoms with van der Waals surface area (Å²) in [4.78, 5) is 43.0. The van der Waals surface area contributed by atoms with Gasteiger partial charge in [0.2, 0.25) is 5.91 Å². The van der Waals surface area contributed by atoms with Crippen LogP contribution >= 0.6 is 11.8 Å². The number of nitrogens with zero attached hydrogens (tertiary/aromatic N) is 4. The maximum absolute atomic E-state index is 13.3. The summed E-state index contributed by atoms with van der Waals surface area (Å²) in [5.41, 5.74) is 2.72. The molecule has 0 aromatic heterocycles. The second kappa shape index (κ2) is 18.2. The molecule has 0 aliphatic carbocycles. The predicted molar refractivity (Wildman–Crippen MR) is 210 cm³/mol. The van der Waals surface area contributed by atoms with Gasteiger partial charge in [0.25, 0.3) is 15.7 Å². The Kier molecular flexibility index (Phi) is 13.5. The SMILES string of the molecule is CC(=O)N(Cc1ccccc1)c1ccc(C2CCN(C(=O)NS(=O)(=O)c3ccc(N[C@H](CCN(C)C)CSc4ccccc4)c([N+](=O)[O-])c3)CC2)cc1. The number of hydrogen-bond donors (Lipinski definition) is 2. The highest BCUT2D eigenvalue weighted by Gasteiger charge is 2.29. The average Bonchev–Trinajstić information content (AvgIpc) is 3.15. The molecule has 1 fully saturated rings. The van der Waals surface area contributed by atoms with Crippen molar-refractivity contribution in [2.45, 2.75) is 54.5 Å². The first kappa shape index (κ1) is 39.3. The predicted octanol–water partition coefficient (Wildman–Crippen LogP) is 6.95. The van der Waals surface area contributed by atoms with Crippen LogP contribution in [-0.2, 0) is 21.4 Å². The zero-order valence-electron chi connectivity index (χ0n) is 30.2. The van der Waals surface area contributed by atoms with Crippen LogP contribution in [0, 0.1) is 10.1 Å². The number of anilines is 2. The van der Waals surface area contributed by atoms with Crippen LogP contribution in [0.5, 0.6) is 0 Å². The highest BCUT2D eigenvalue weighted by atomic mass is 32.2. The molecule has 1 aliphatic heterocycles. The van der Waals surface area contributed by atoms with Crippen molar-refractivity contribution >= 4 is 50.8 Å². The lowest BCUT2D eigenvalue weighted by atomic mass is 9.89. The number of thioether (sulfide) groups is 1. The monoisotopic (exact) mass is 758 g/mol. The van der Waals surface area contributed by atoms with Crippen LogP contribution in [0.3, 0.4) is 0 Å². The zero-order chi connectivity index (χ0) is 38.0. The van der Waals surface area contributed by atoms with Crippen LogP contribution in [-0.4, -0.2) is 80.6 Å². The smallest absolute Gasteiger partial charge is 0.331 e. The van der Waals surface area contributed by atoms with Crippen molar-refractivity contribution in [1.29, 1.82) is 0 Å². The van der Waals surface area contributed by atoms with Crippen molar-refractivity contribution in [3.05, 3.63) is 124 Å². The number of likely N-dealkylation sites (tertiary alicyclic amines) is 1. The van der Waals surface area contributed by atoms with Crippen LogP contribution < -0.4 is 14.9 Å². The number of amides is 3. The molecule has 2 N–H and O–H groups in total. The molecule has 0 saturated carbocycles. The molecule has 53 heavy (non-hydrogen) atoms. The minimum atomic E-state index is -4.40. The summed E-state index contributed by atoms with van der Waals surface area (Å²) in [6, 6.07) is 30.2.